The minimum absolute atomic E-state index is 0.0771. The molecular formula is C26H25ClF3N3O6S2. The molecule has 1 aliphatic rings. The zero-order valence-corrected chi connectivity index (χ0v) is 23.9. The highest BCUT2D eigenvalue weighted by Gasteiger charge is 2.35. The summed E-state index contributed by atoms with van der Waals surface area (Å²) in [6.07, 6.45) is -3.40. The van der Waals surface area contributed by atoms with Crippen molar-refractivity contribution in [1.29, 1.82) is 0 Å². The standard InChI is InChI=1S/C26H25ClF3N3O6S2/c1-39-24-12-10-20(40(35,36)32-13-5-6-14-32)16-22(24)31-25(34)17-33(41(37,38)19-7-3-2-4-8-19)23-15-18(26(28,29)30)9-11-21(23)27/h2-4,7-12,15-16H,5-6,13-14,17H2,1H3,(H,31,34). The molecule has 0 radical (unpaired) electrons. The van der Waals surface area contributed by atoms with Crippen molar-refractivity contribution >= 4 is 48.9 Å². The van der Waals surface area contributed by atoms with E-state index in [9.17, 15) is 34.8 Å². The van der Waals surface area contributed by atoms with Crippen LogP contribution in [-0.2, 0) is 31.0 Å². The molecule has 3 aromatic rings. The van der Waals surface area contributed by atoms with Gasteiger partial charge in [0.15, 0.2) is 0 Å². The molecule has 220 valence electrons. The number of hydrogen-bond acceptors (Lipinski definition) is 6. The molecule has 4 rings (SSSR count). The maximum Gasteiger partial charge on any atom is 0.416 e. The van der Waals surface area contributed by atoms with E-state index < -0.39 is 49.9 Å². The monoisotopic (exact) mass is 631 g/mol. The van der Waals surface area contributed by atoms with Crippen LogP contribution in [0.2, 0.25) is 5.02 Å². The predicted octanol–water partition coefficient (Wildman–Crippen LogP) is 4.99. The van der Waals surface area contributed by atoms with Crippen LogP contribution in [0, 0.1) is 0 Å². The Morgan fingerprint density at radius 2 is 1.63 bits per heavy atom. The Bertz CT molecular complexity index is 1650. The van der Waals surface area contributed by atoms with Gasteiger partial charge in [-0.05, 0) is 61.4 Å². The van der Waals surface area contributed by atoms with Gasteiger partial charge in [-0.25, -0.2) is 16.8 Å². The van der Waals surface area contributed by atoms with Crippen molar-refractivity contribution in [3.63, 3.8) is 0 Å². The van der Waals surface area contributed by atoms with Crippen molar-refractivity contribution in [3.8, 4) is 5.75 Å². The maximum absolute atomic E-state index is 13.6. The van der Waals surface area contributed by atoms with Gasteiger partial charge < -0.3 is 10.1 Å². The lowest BCUT2D eigenvalue weighted by molar-refractivity contribution is -0.137. The van der Waals surface area contributed by atoms with Gasteiger partial charge in [0.1, 0.15) is 12.3 Å². The fourth-order valence-corrected chi connectivity index (χ4v) is 7.51. The highest BCUT2D eigenvalue weighted by atomic mass is 35.5. The van der Waals surface area contributed by atoms with E-state index in [-0.39, 0.29) is 26.3 Å². The summed E-state index contributed by atoms with van der Waals surface area (Å²) < 4.78 is 101. The molecule has 0 atom stereocenters. The van der Waals surface area contributed by atoms with Gasteiger partial charge in [-0.3, -0.25) is 9.10 Å². The second-order valence-corrected chi connectivity index (χ2v) is 13.2. The summed E-state index contributed by atoms with van der Waals surface area (Å²) in [5.41, 5.74) is -1.82. The van der Waals surface area contributed by atoms with Gasteiger partial charge in [-0.1, -0.05) is 29.8 Å². The van der Waals surface area contributed by atoms with Gasteiger partial charge in [-0.15, -0.1) is 0 Å². The number of halogens is 4. The lowest BCUT2D eigenvalue weighted by Gasteiger charge is -2.26. The average molecular weight is 632 g/mol. The Kier molecular flexibility index (Phi) is 8.87. The number of carbonyl (C=O) groups excluding carboxylic acids is 1. The quantitative estimate of drug-likeness (QED) is 0.356. The first-order valence-corrected chi connectivity index (χ1v) is 15.4. The summed E-state index contributed by atoms with van der Waals surface area (Å²) in [4.78, 5) is 12.8. The van der Waals surface area contributed by atoms with E-state index in [0.29, 0.717) is 42.4 Å². The molecule has 15 heteroatoms. The normalized spacial score (nSPS) is 14.6. The topological polar surface area (TPSA) is 113 Å². The van der Waals surface area contributed by atoms with Gasteiger partial charge in [0.05, 0.1) is 38.9 Å². The molecule has 0 spiro atoms. The minimum Gasteiger partial charge on any atom is -0.495 e. The number of ether oxygens (including phenoxy) is 1. The van der Waals surface area contributed by atoms with E-state index in [1.807, 2.05) is 0 Å². The van der Waals surface area contributed by atoms with Crippen LogP contribution in [0.3, 0.4) is 0 Å². The summed E-state index contributed by atoms with van der Waals surface area (Å²) in [6.45, 7) is -0.301. The average Bonchev–Trinajstić information content (AvgIpc) is 3.48. The largest absolute Gasteiger partial charge is 0.495 e. The molecule has 1 saturated heterocycles. The van der Waals surface area contributed by atoms with E-state index in [0.717, 1.165) is 6.07 Å². The third-order valence-corrected chi connectivity index (χ3v) is 10.3. The minimum atomic E-state index is -4.82. The number of carbonyl (C=O) groups is 1. The van der Waals surface area contributed by atoms with E-state index >= 15 is 0 Å². The molecule has 1 amide bonds. The van der Waals surface area contributed by atoms with Crippen LogP contribution < -0.4 is 14.4 Å². The SMILES string of the molecule is COc1ccc(S(=O)(=O)N2CCCC2)cc1NC(=O)CN(c1cc(C(F)(F)F)ccc1Cl)S(=O)(=O)c1ccccc1. The van der Waals surface area contributed by atoms with Gasteiger partial charge in [-0.2, -0.15) is 17.5 Å². The number of rotatable bonds is 9. The summed E-state index contributed by atoms with van der Waals surface area (Å²) in [6, 6.07) is 12.8. The first-order chi connectivity index (χ1) is 19.2. The highest BCUT2D eigenvalue weighted by Crippen LogP contribution is 2.37. The number of methoxy groups -OCH3 is 1. The van der Waals surface area contributed by atoms with Crippen LogP contribution in [0.1, 0.15) is 18.4 Å². The zero-order chi connectivity index (χ0) is 30.0. The number of sulfonamides is 2. The van der Waals surface area contributed by atoms with Crippen LogP contribution in [0.15, 0.2) is 76.5 Å². The number of amides is 1. The van der Waals surface area contributed by atoms with Crippen molar-refractivity contribution < 1.29 is 39.5 Å². The lowest BCUT2D eigenvalue weighted by atomic mass is 10.2. The van der Waals surface area contributed by atoms with Crippen molar-refractivity contribution in [2.75, 3.05) is 36.4 Å². The van der Waals surface area contributed by atoms with Crippen LogP contribution >= 0.6 is 11.6 Å². The molecule has 0 saturated carbocycles. The molecule has 1 heterocycles. The van der Waals surface area contributed by atoms with Crippen LogP contribution in [0.25, 0.3) is 0 Å². The predicted molar refractivity (Wildman–Crippen MR) is 147 cm³/mol. The van der Waals surface area contributed by atoms with Gasteiger partial charge in [0.25, 0.3) is 10.0 Å². The van der Waals surface area contributed by atoms with Crippen molar-refractivity contribution in [2.24, 2.45) is 0 Å². The summed E-state index contributed by atoms with van der Waals surface area (Å²) in [7, 11) is -7.19. The first kappa shape index (κ1) is 30.6. The van der Waals surface area contributed by atoms with E-state index in [2.05, 4.69) is 5.32 Å². The second-order valence-electron chi connectivity index (χ2n) is 9.01. The third kappa shape index (κ3) is 6.61. The van der Waals surface area contributed by atoms with Crippen LogP contribution in [0.4, 0.5) is 24.5 Å². The molecule has 1 N–H and O–H groups in total. The first-order valence-electron chi connectivity index (χ1n) is 12.2. The Morgan fingerprint density at radius 1 is 0.976 bits per heavy atom. The van der Waals surface area contributed by atoms with Gasteiger partial charge in [0, 0.05) is 13.1 Å². The van der Waals surface area contributed by atoms with Crippen molar-refractivity contribution in [3.05, 3.63) is 77.3 Å². The van der Waals surface area contributed by atoms with Gasteiger partial charge >= 0.3 is 6.18 Å². The highest BCUT2D eigenvalue weighted by molar-refractivity contribution is 7.93. The molecule has 0 bridgehead atoms. The zero-order valence-electron chi connectivity index (χ0n) is 21.6. The Balaban J connectivity index is 1.73. The molecule has 9 nitrogen and oxygen atoms in total. The van der Waals surface area contributed by atoms with Crippen LogP contribution in [0.5, 0.6) is 5.75 Å². The van der Waals surface area contributed by atoms with Crippen molar-refractivity contribution in [1.82, 2.24) is 4.31 Å². The summed E-state index contributed by atoms with van der Waals surface area (Å²) >= 11 is 6.16. The maximum atomic E-state index is 13.6. The fraction of sp³-hybridized carbons (Fsp3) is 0.269. The Morgan fingerprint density at radius 3 is 2.24 bits per heavy atom. The molecule has 1 fully saturated rings. The van der Waals surface area contributed by atoms with E-state index in [1.165, 1.54) is 53.9 Å². The van der Waals surface area contributed by atoms with Gasteiger partial charge in [0.2, 0.25) is 15.9 Å². The van der Waals surface area contributed by atoms with E-state index in [1.54, 1.807) is 6.07 Å². The van der Waals surface area contributed by atoms with Crippen molar-refractivity contribution in [2.45, 2.75) is 28.8 Å². The molecular weight excluding hydrogens is 607 g/mol. The molecule has 0 aliphatic carbocycles. The smallest absolute Gasteiger partial charge is 0.416 e. The van der Waals surface area contributed by atoms with Crippen LogP contribution in [-0.4, -0.2) is 53.8 Å². The summed E-state index contributed by atoms with van der Waals surface area (Å²) in [5.74, 6) is -0.916. The third-order valence-electron chi connectivity index (χ3n) is 6.31. The molecule has 3 aromatic carbocycles. The lowest BCUT2D eigenvalue weighted by Crippen LogP contribution is -2.38. The fourth-order valence-electron chi connectivity index (χ4n) is 4.24. The number of alkyl halides is 3. The number of anilines is 2. The Hall–Kier alpha value is -3.33. The molecule has 0 aromatic heterocycles. The molecule has 0 unspecified atom stereocenters. The number of nitrogens with one attached hydrogen (secondary N) is 1. The van der Waals surface area contributed by atoms with E-state index in [4.69, 9.17) is 16.3 Å². The molecule has 41 heavy (non-hydrogen) atoms. The molecule has 1 aliphatic heterocycles. The summed E-state index contributed by atoms with van der Waals surface area (Å²) in [5, 5.41) is 2.09. The number of benzene rings is 3. The number of nitrogens with zero attached hydrogens (tertiary/aromatic N) is 2. The number of hydrogen-bond donors (Lipinski definition) is 1. The second kappa shape index (κ2) is 11.9. The Labute approximate surface area is 240 Å².